The van der Waals surface area contributed by atoms with Crippen molar-refractivity contribution in [1.82, 2.24) is 0 Å². The third-order valence-corrected chi connectivity index (χ3v) is 4.80. The van der Waals surface area contributed by atoms with Gasteiger partial charge in [-0.2, -0.15) is 0 Å². The molecule has 0 aromatic heterocycles. The number of nitrogens with one attached hydrogen (secondary N) is 1. The molecule has 1 saturated carbocycles. The van der Waals surface area contributed by atoms with Crippen molar-refractivity contribution in [3.63, 3.8) is 0 Å². The summed E-state index contributed by atoms with van der Waals surface area (Å²) in [6.07, 6.45) is 5.10. The molecule has 1 fully saturated rings. The molecule has 0 saturated heterocycles. The molecule has 3 N–H and O–H groups in total. The molecule has 2 atom stereocenters. The summed E-state index contributed by atoms with van der Waals surface area (Å²) in [4.78, 5) is 0.356. The molecule has 2 rings (SSSR count). The van der Waals surface area contributed by atoms with Crippen molar-refractivity contribution in [3.8, 4) is 0 Å². The van der Waals surface area contributed by atoms with Gasteiger partial charge in [0.2, 0.25) is 0 Å². The van der Waals surface area contributed by atoms with E-state index < -0.39 is 0 Å². The topological polar surface area (TPSA) is 38.0 Å². The molecule has 110 valence electrons. The van der Waals surface area contributed by atoms with Crippen LogP contribution in [0.4, 0.5) is 5.69 Å². The van der Waals surface area contributed by atoms with Gasteiger partial charge < -0.3 is 11.1 Å². The summed E-state index contributed by atoms with van der Waals surface area (Å²) in [6, 6.07) is 6.28. The number of hydrogen-bond acceptors (Lipinski definition) is 2. The maximum atomic E-state index is 6.23. The second-order valence-electron chi connectivity index (χ2n) is 5.97. The summed E-state index contributed by atoms with van der Waals surface area (Å²) < 4.78 is 0. The fourth-order valence-electron chi connectivity index (χ4n) is 3.23. The van der Waals surface area contributed by atoms with E-state index >= 15 is 0 Å². The van der Waals surface area contributed by atoms with Crippen LogP contribution in [0.25, 0.3) is 0 Å². The molecule has 1 aromatic carbocycles. The Morgan fingerprint density at radius 3 is 2.70 bits per heavy atom. The van der Waals surface area contributed by atoms with Crippen LogP contribution < -0.4 is 11.1 Å². The lowest BCUT2D eigenvalue weighted by Crippen LogP contribution is -2.35. The highest BCUT2D eigenvalue weighted by molar-refractivity contribution is 7.80. The second-order valence-corrected chi connectivity index (χ2v) is 6.82. The monoisotopic (exact) mass is 310 g/mol. The zero-order valence-corrected chi connectivity index (χ0v) is 13.7. The van der Waals surface area contributed by atoms with Gasteiger partial charge in [0.15, 0.2) is 0 Å². The lowest BCUT2D eigenvalue weighted by molar-refractivity contribution is 0.254. The molecule has 0 radical (unpaired) electrons. The van der Waals surface area contributed by atoms with E-state index in [4.69, 9.17) is 29.6 Å². The molecule has 1 aliphatic carbocycles. The smallest absolute Gasteiger partial charge is 0.107 e. The van der Waals surface area contributed by atoms with Crippen LogP contribution >= 0.6 is 23.8 Å². The summed E-state index contributed by atoms with van der Waals surface area (Å²) in [6.45, 7) is 4.61. The molecule has 0 spiro atoms. The molecular weight excluding hydrogens is 288 g/mol. The molecule has 1 aliphatic rings. The van der Waals surface area contributed by atoms with Crippen molar-refractivity contribution >= 4 is 34.5 Å². The quantitative estimate of drug-likeness (QED) is 0.798. The zero-order valence-electron chi connectivity index (χ0n) is 12.2. The minimum absolute atomic E-state index is 0.356. The number of nitrogens with two attached hydrogens (primary N) is 1. The van der Waals surface area contributed by atoms with Gasteiger partial charge in [0, 0.05) is 11.7 Å². The van der Waals surface area contributed by atoms with Gasteiger partial charge in [-0.05, 0) is 36.8 Å². The Morgan fingerprint density at radius 2 is 2.05 bits per heavy atom. The Morgan fingerprint density at radius 1 is 1.35 bits per heavy atom. The number of thiocarbonyl (C=S) groups is 1. The molecular formula is C16H23ClN2S. The molecule has 2 nitrogen and oxygen atoms in total. The highest BCUT2D eigenvalue weighted by Gasteiger charge is 2.28. The molecule has 0 bridgehead atoms. The SMILES string of the molecule is CC(C)C1CCCCC1Nc1cccc(Cl)c1C(N)=S. The van der Waals surface area contributed by atoms with E-state index in [0.29, 0.717) is 27.9 Å². The second kappa shape index (κ2) is 6.77. The van der Waals surface area contributed by atoms with Gasteiger partial charge in [-0.15, -0.1) is 0 Å². The van der Waals surface area contributed by atoms with E-state index in [-0.39, 0.29) is 0 Å². The Bertz CT molecular complexity index is 487. The number of halogens is 1. The first-order valence-electron chi connectivity index (χ1n) is 7.35. The van der Waals surface area contributed by atoms with Crippen molar-refractivity contribution in [2.45, 2.75) is 45.6 Å². The fraction of sp³-hybridized carbons (Fsp3) is 0.562. The minimum Gasteiger partial charge on any atom is -0.389 e. The number of anilines is 1. The molecule has 0 aliphatic heterocycles. The minimum atomic E-state index is 0.356. The molecule has 0 heterocycles. The van der Waals surface area contributed by atoms with E-state index in [1.807, 2.05) is 18.2 Å². The Balaban J connectivity index is 2.24. The average molecular weight is 311 g/mol. The summed E-state index contributed by atoms with van der Waals surface area (Å²) in [5.74, 6) is 1.38. The third-order valence-electron chi connectivity index (χ3n) is 4.28. The molecule has 1 aromatic rings. The normalized spacial score (nSPS) is 22.8. The third kappa shape index (κ3) is 3.44. The van der Waals surface area contributed by atoms with Crippen LogP contribution in [0, 0.1) is 11.8 Å². The number of hydrogen-bond donors (Lipinski definition) is 2. The average Bonchev–Trinajstić information content (AvgIpc) is 2.38. The van der Waals surface area contributed by atoms with E-state index in [1.165, 1.54) is 25.7 Å². The summed E-state index contributed by atoms with van der Waals surface area (Å²) in [5.41, 5.74) is 7.57. The van der Waals surface area contributed by atoms with Gasteiger partial charge in [0.05, 0.1) is 10.6 Å². The Kier molecular flexibility index (Phi) is 5.28. The van der Waals surface area contributed by atoms with Crippen molar-refractivity contribution in [2.75, 3.05) is 5.32 Å². The van der Waals surface area contributed by atoms with Crippen LogP contribution in [0.2, 0.25) is 5.02 Å². The highest BCUT2D eigenvalue weighted by Crippen LogP contribution is 2.34. The van der Waals surface area contributed by atoms with Crippen molar-refractivity contribution < 1.29 is 0 Å². The van der Waals surface area contributed by atoms with E-state index in [1.54, 1.807) is 0 Å². The van der Waals surface area contributed by atoms with Crippen LogP contribution in [-0.4, -0.2) is 11.0 Å². The van der Waals surface area contributed by atoms with Gasteiger partial charge in [0.25, 0.3) is 0 Å². The van der Waals surface area contributed by atoms with E-state index in [9.17, 15) is 0 Å². The van der Waals surface area contributed by atoms with Crippen LogP contribution in [0.3, 0.4) is 0 Å². The first kappa shape index (κ1) is 15.6. The largest absolute Gasteiger partial charge is 0.389 e. The zero-order chi connectivity index (χ0) is 14.7. The predicted octanol–water partition coefficient (Wildman–Crippen LogP) is 4.60. The first-order chi connectivity index (χ1) is 9.50. The van der Waals surface area contributed by atoms with Crippen molar-refractivity contribution in [3.05, 3.63) is 28.8 Å². The Hall–Kier alpha value is -0.800. The van der Waals surface area contributed by atoms with Crippen LogP contribution in [-0.2, 0) is 0 Å². The number of benzene rings is 1. The fourth-order valence-corrected chi connectivity index (χ4v) is 3.78. The lowest BCUT2D eigenvalue weighted by Gasteiger charge is -2.36. The first-order valence-corrected chi connectivity index (χ1v) is 8.14. The van der Waals surface area contributed by atoms with E-state index in [2.05, 4.69) is 19.2 Å². The predicted molar refractivity (Wildman–Crippen MR) is 91.5 cm³/mol. The van der Waals surface area contributed by atoms with Gasteiger partial charge in [0.1, 0.15) is 4.99 Å². The van der Waals surface area contributed by atoms with Crippen LogP contribution in [0.15, 0.2) is 18.2 Å². The van der Waals surface area contributed by atoms with Crippen molar-refractivity contribution in [2.24, 2.45) is 17.6 Å². The summed E-state index contributed by atoms with van der Waals surface area (Å²) in [7, 11) is 0. The number of rotatable bonds is 4. The van der Waals surface area contributed by atoms with Gasteiger partial charge in [-0.3, -0.25) is 0 Å². The lowest BCUT2D eigenvalue weighted by atomic mass is 9.77. The maximum Gasteiger partial charge on any atom is 0.107 e. The van der Waals surface area contributed by atoms with Gasteiger partial charge >= 0.3 is 0 Å². The molecule has 4 heteroatoms. The van der Waals surface area contributed by atoms with Crippen LogP contribution in [0.1, 0.15) is 45.1 Å². The Labute approximate surface area is 132 Å². The highest BCUT2D eigenvalue weighted by atomic mass is 35.5. The van der Waals surface area contributed by atoms with Crippen molar-refractivity contribution in [1.29, 1.82) is 0 Å². The molecule has 20 heavy (non-hydrogen) atoms. The maximum absolute atomic E-state index is 6.23. The molecule has 2 unspecified atom stereocenters. The summed E-state index contributed by atoms with van der Waals surface area (Å²) >= 11 is 11.4. The van der Waals surface area contributed by atoms with Gasteiger partial charge in [-0.25, -0.2) is 0 Å². The van der Waals surface area contributed by atoms with E-state index in [0.717, 1.165) is 11.3 Å². The molecule has 0 amide bonds. The van der Waals surface area contributed by atoms with Crippen LogP contribution in [0.5, 0.6) is 0 Å². The van der Waals surface area contributed by atoms with Gasteiger partial charge in [-0.1, -0.05) is 56.6 Å². The summed E-state index contributed by atoms with van der Waals surface area (Å²) in [5, 5.41) is 4.28. The standard InChI is InChI=1S/C16H23ClN2S/c1-10(2)11-6-3-4-8-13(11)19-14-9-5-7-12(17)15(14)16(18)20/h5,7,9-11,13,19H,3-4,6,8H2,1-2H3,(H2,18,20).